The second-order valence-corrected chi connectivity index (χ2v) is 6.02. The number of nitrogens with zero attached hydrogens (tertiary/aromatic N) is 1. The van der Waals surface area contributed by atoms with Gasteiger partial charge in [0.2, 0.25) is 0 Å². The Morgan fingerprint density at radius 3 is 2.90 bits per heavy atom. The van der Waals surface area contributed by atoms with Gasteiger partial charge in [0, 0.05) is 18.2 Å². The molecule has 1 aliphatic carbocycles. The Morgan fingerprint density at radius 2 is 2.20 bits per heavy atom. The largest absolute Gasteiger partial charge is 0.327 e. The molecule has 1 aromatic carbocycles. The predicted molar refractivity (Wildman–Crippen MR) is 80.5 cm³/mol. The lowest BCUT2D eigenvalue weighted by molar-refractivity contribution is -0.384. The van der Waals surface area contributed by atoms with Crippen molar-refractivity contribution >= 4 is 5.69 Å². The van der Waals surface area contributed by atoms with Gasteiger partial charge >= 0.3 is 0 Å². The molecule has 110 valence electrons. The van der Waals surface area contributed by atoms with Crippen molar-refractivity contribution in [2.75, 3.05) is 0 Å². The molecule has 1 aromatic rings. The highest BCUT2D eigenvalue weighted by atomic mass is 16.6. The van der Waals surface area contributed by atoms with E-state index in [1.165, 1.54) is 19.3 Å². The first-order valence-corrected chi connectivity index (χ1v) is 7.59. The second-order valence-electron chi connectivity index (χ2n) is 6.02. The Kier molecular flexibility index (Phi) is 5.12. The van der Waals surface area contributed by atoms with Gasteiger partial charge < -0.3 is 5.73 Å². The van der Waals surface area contributed by atoms with Gasteiger partial charge in [0.25, 0.3) is 5.69 Å². The average Bonchev–Trinajstić information content (AvgIpc) is 2.43. The Labute approximate surface area is 120 Å². The molecule has 4 heteroatoms. The average molecular weight is 276 g/mol. The first-order chi connectivity index (χ1) is 9.60. The Bertz CT molecular complexity index is 462. The molecule has 2 rings (SSSR count). The summed E-state index contributed by atoms with van der Waals surface area (Å²) in [5, 5.41) is 10.8. The van der Waals surface area contributed by atoms with Crippen molar-refractivity contribution in [1.29, 1.82) is 0 Å². The molecule has 0 aromatic heterocycles. The molecule has 1 fully saturated rings. The van der Waals surface area contributed by atoms with Gasteiger partial charge in [0.1, 0.15) is 0 Å². The maximum atomic E-state index is 10.8. The van der Waals surface area contributed by atoms with Gasteiger partial charge in [-0.05, 0) is 43.1 Å². The van der Waals surface area contributed by atoms with Crippen molar-refractivity contribution in [3.8, 4) is 0 Å². The van der Waals surface area contributed by atoms with Crippen LogP contribution in [0, 0.1) is 22.0 Å². The van der Waals surface area contributed by atoms with Crippen LogP contribution in [0.25, 0.3) is 0 Å². The maximum absolute atomic E-state index is 10.8. The van der Waals surface area contributed by atoms with Crippen molar-refractivity contribution in [3.05, 3.63) is 39.9 Å². The van der Waals surface area contributed by atoms with E-state index in [2.05, 4.69) is 6.92 Å². The van der Waals surface area contributed by atoms with Gasteiger partial charge in [-0.25, -0.2) is 0 Å². The monoisotopic (exact) mass is 276 g/mol. The SMILES string of the molecule is CCCC1CCC(N)C(Cc2cccc([N+](=O)[O-])c2)C1. The number of hydrogen-bond acceptors (Lipinski definition) is 3. The van der Waals surface area contributed by atoms with Gasteiger partial charge in [-0.3, -0.25) is 10.1 Å². The highest BCUT2D eigenvalue weighted by Gasteiger charge is 2.28. The number of rotatable bonds is 5. The Morgan fingerprint density at radius 1 is 1.40 bits per heavy atom. The first kappa shape index (κ1) is 15.0. The molecule has 3 unspecified atom stereocenters. The fraction of sp³-hybridized carbons (Fsp3) is 0.625. The normalized spacial score (nSPS) is 26.4. The minimum absolute atomic E-state index is 0.178. The van der Waals surface area contributed by atoms with Crippen LogP contribution in [0.5, 0.6) is 0 Å². The topological polar surface area (TPSA) is 69.2 Å². The molecular formula is C16H24N2O2. The summed E-state index contributed by atoms with van der Waals surface area (Å²) in [5.41, 5.74) is 7.47. The maximum Gasteiger partial charge on any atom is 0.269 e. The smallest absolute Gasteiger partial charge is 0.269 e. The van der Waals surface area contributed by atoms with Crippen molar-refractivity contribution in [1.82, 2.24) is 0 Å². The molecule has 0 heterocycles. The zero-order valence-electron chi connectivity index (χ0n) is 12.1. The highest BCUT2D eigenvalue weighted by Crippen LogP contribution is 2.33. The van der Waals surface area contributed by atoms with E-state index in [-0.39, 0.29) is 16.7 Å². The third-order valence-electron chi connectivity index (χ3n) is 4.47. The van der Waals surface area contributed by atoms with E-state index in [4.69, 9.17) is 5.73 Å². The van der Waals surface area contributed by atoms with E-state index in [0.717, 1.165) is 30.7 Å². The summed E-state index contributed by atoms with van der Waals surface area (Å²) in [6.45, 7) is 2.23. The number of nitro groups is 1. The van der Waals surface area contributed by atoms with E-state index < -0.39 is 0 Å². The number of benzene rings is 1. The molecule has 0 aliphatic heterocycles. The van der Waals surface area contributed by atoms with E-state index in [0.29, 0.717) is 5.92 Å². The lowest BCUT2D eigenvalue weighted by Gasteiger charge is -2.34. The fourth-order valence-corrected chi connectivity index (χ4v) is 3.39. The van der Waals surface area contributed by atoms with E-state index >= 15 is 0 Å². The van der Waals surface area contributed by atoms with Crippen LogP contribution in [0.3, 0.4) is 0 Å². The molecule has 0 amide bonds. The number of nitro benzene ring substituents is 1. The minimum atomic E-state index is -0.329. The van der Waals surface area contributed by atoms with Gasteiger partial charge in [-0.2, -0.15) is 0 Å². The van der Waals surface area contributed by atoms with Crippen LogP contribution in [0.2, 0.25) is 0 Å². The van der Waals surface area contributed by atoms with Crippen LogP contribution in [0.4, 0.5) is 5.69 Å². The number of nitrogens with two attached hydrogens (primary N) is 1. The molecule has 1 aliphatic rings. The summed E-state index contributed by atoms with van der Waals surface area (Å²) < 4.78 is 0. The van der Waals surface area contributed by atoms with E-state index in [9.17, 15) is 10.1 Å². The summed E-state index contributed by atoms with van der Waals surface area (Å²) in [6.07, 6.45) is 6.85. The molecule has 0 bridgehead atoms. The second kappa shape index (κ2) is 6.84. The zero-order valence-corrected chi connectivity index (χ0v) is 12.1. The fourth-order valence-electron chi connectivity index (χ4n) is 3.39. The first-order valence-electron chi connectivity index (χ1n) is 7.59. The van der Waals surface area contributed by atoms with Crippen LogP contribution in [0.1, 0.15) is 44.6 Å². The highest BCUT2D eigenvalue weighted by molar-refractivity contribution is 5.34. The summed E-state index contributed by atoms with van der Waals surface area (Å²) in [7, 11) is 0. The standard InChI is InChI=1S/C16H24N2O2/c1-2-4-12-7-8-16(17)14(9-12)10-13-5-3-6-15(11-13)18(19)20/h3,5-6,11-12,14,16H,2,4,7-10,17H2,1H3. The lowest BCUT2D eigenvalue weighted by Crippen LogP contribution is -2.37. The van der Waals surface area contributed by atoms with Crippen LogP contribution >= 0.6 is 0 Å². The molecule has 4 nitrogen and oxygen atoms in total. The van der Waals surface area contributed by atoms with E-state index in [1.807, 2.05) is 6.07 Å². The molecule has 0 saturated heterocycles. The van der Waals surface area contributed by atoms with Crippen LogP contribution in [0.15, 0.2) is 24.3 Å². The van der Waals surface area contributed by atoms with E-state index in [1.54, 1.807) is 18.2 Å². The Hall–Kier alpha value is -1.42. The van der Waals surface area contributed by atoms with Gasteiger partial charge in [0.05, 0.1) is 4.92 Å². The van der Waals surface area contributed by atoms with Crippen molar-refractivity contribution in [2.45, 2.75) is 51.5 Å². The third-order valence-corrected chi connectivity index (χ3v) is 4.47. The zero-order chi connectivity index (χ0) is 14.5. The third kappa shape index (κ3) is 3.79. The predicted octanol–water partition coefficient (Wildman–Crippen LogP) is 3.68. The molecule has 3 atom stereocenters. The van der Waals surface area contributed by atoms with Gasteiger partial charge in [-0.1, -0.05) is 31.9 Å². The van der Waals surface area contributed by atoms with Crippen LogP contribution < -0.4 is 5.73 Å². The number of hydrogen-bond donors (Lipinski definition) is 1. The van der Waals surface area contributed by atoms with Gasteiger partial charge in [0.15, 0.2) is 0 Å². The minimum Gasteiger partial charge on any atom is -0.327 e. The molecular weight excluding hydrogens is 252 g/mol. The van der Waals surface area contributed by atoms with Crippen LogP contribution in [-0.2, 0) is 6.42 Å². The summed E-state index contributed by atoms with van der Waals surface area (Å²) in [4.78, 5) is 10.5. The summed E-state index contributed by atoms with van der Waals surface area (Å²) in [6, 6.07) is 7.22. The van der Waals surface area contributed by atoms with Crippen molar-refractivity contribution < 1.29 is 4.92 Å². The van der Waals surface area contributed by atoms with Crippen LogP contribution in [-0.4, -0.2) is 11.0 Å². The lowest BCUT2D eigenvalue weighted by atomic mass is 9.74. The van der Waals surface area contributed by atoms with Crippen molar-refractivity contribution in [3.63, 3.8) is 0 Å². The Balaban J connectivity index is 2.03. The molecule has 2 N–H and O–H groups in total. The summed E-state index contributed by atoms with van der Waals surface area (Å²) in [5.74, 6) is 1.24. The molecule has 20 heavy (non-hydrogen) atoms. The molecule has 0 spiro atoms. The van der Waals surface area contributed by atoms with Crippen molar-refractivity contribution in [2.24, 2.45) is 17.6 Å². The quantitative estimate of drug-likeness (QED) is 0.658. The molecule has 0 radical (unpaired) electrons. The molecule has 1 saturated carbocycles. The van der Waals surface area contributed by atoms with Gasteiger partial charge in [-0.15, -0.1) is 0 Å². The summed E-state index contributed by atoms with van der Waals surface area (Å²) >= 11 is 0. The number of non-ortho nitro benzene ring substituents is 1.